The number of hydrogen-bond acceptors (Lipinski definition) is 1. The highest BCUT2D eigenvalue weighted by Crippen LogP contribution is 2.13. The van der Waals surface area contributed by atoms with E-state index < -0.39 is 0 Å². The van der Waals surface area contributed by atoms with Crippen molar-refractivity contribution in [2.75, 3.05) is 7.05 Å². The molecule has 1 unspecified atom stereocenters. The van der Waals surface area contributed by atoms with Gasteiger partial charge in [-0.2, -0.15) is 0 Å². The zero-order chi connectivity index (χ0) is 11.3. The highest BCUT2D eigenvalue weighted by Gasteiger charge is 2.02. The monoisotopic (exact) mass is 209 g/mol. The predicted octanol–water partition coefficient (Wildman–Crippen LogP) is 3.06. The SMILES string of the molecule is CNC(C)CCCc1cc(F)ccc1C. The third-order valence-corrected chi connectivity index (χ3v) is 2.89. The molecule has 1 aromatic carbocycles. The first-order valence-electron chi connectivity index (χ1n) is 5.55. The van der Waals surface area contributed by atoms with E-state index in [-0.39, 0.29) is 5.82 Å². The summed E-state index contributed by atoms with van der Waals surface area (Å²) in [6, 6.07) is 5.57. The number of benzene rings is 1. The van der Waals surface area contributed by atoms with Crippen LogP contribution in [-0.4, -0.2) is 13.1 Å². The van der Waals surface area contributed by atoms with Crippen molar-refractivity contribution in [3.63, 3.8) is 0 Å². The van der Waals surface area contributed by atoms with Crippen molar-refractivity contribution in [3.8, 4) is 0 Å². The summed E-state index contributed by atoms with van der Waals surface area (Å²) in [5.74, 6) is -0.128. The Morgan fingerprint density at radius 3 is 2.80 bits per heavy atom. The lowest BCUT2D eigenvalue weighted by Gasteiger charge is -2.10. The molecule has 2 heteroatoms. The maximum absolute atomic E-state index is 13.0. The van der Waals surface area contributed by atoms with Crippen molar-refractivity contribution in [2.45, 2.75) is 39.2 Å². The van der Waals surface area contributed by atoms with E-state index in [9.17, 15) is 4.39 Å². The van der Waals surface area contributed by atoms with Gasteiger partial charge in [0.05, 0.1) is 0 Å². The van der Waals surface area contributed by atoms with Crippen LogP contribution in [0.15, 0.2) is 18.2 Å². The fraction of sp³-hybridized carbons (Fsp3) is 0.538. The average molecular weight is 209 g/mol. The molecule has 0 bridgehead atoms. The number of hydrogen-bond donors (Lipinski definition) is 1. The van der Waals surface area contributed by atoms with E-state index in [0.29, 0.717) is 6.04 Å². The number of rotatable bonds is 5. The second kappa shape index (κ2) is 5.86. The average Bonchev–Trinajstić information content (AvgIpc) is 2.23. The summed E-state index contributed by atoms with van der Waals surface area (Å²) in [7, 11) is 1.97. The molecule has 1 atom stereocenters. The summed E-state index contributed by atoms with van der Waals surface area (Å²) in [6.45, 7) is 4.20. The summed E-state index contributed by atoms with van der Waals surface area (Å²) in [4.78, 5) is 0. The van der Waals surface area contributed by atoms with Crippen LogP contribution >= 0.6 is 0 Å². The third-order valence-electron chi connectivity index (χ3n) is 2.89. The first-order valence-corrected chi connectivity index (χ1v) is 5.55. The number of nitrogens with one attached hydrogen (secondary N) is 1. The summed E-state index contributed by atoms with van der Waals surface area (Å²) in [5, 5.41) is 3.20. The molecule has 84 valence electrons. The maximum atomic E-state index is 13.0. The van der Waals surface area contributed by atoms with Gasteiger partial charge >= 0.3 is 0 Å². The Kier molecular flexibility index (Phi) is 4.76. The van der Waals surface area contributed by atoms with Gasteiger partial charge in [0.2, 0.25) is 0 Å². The van der Waals surface area contributed by atoms with Crippen molar-refractivity contribution < 1.29 is 4.39 Å². The molecule has 0 aliphatic carbocycles. The Balaban J connectivity index is 2.46. The highest BCUT2D eigenvalue weighted by atomic mass is 19.1. The molecule has 0 heterocycles. The Hall–Kier alpha value is -0.890. The van der Waals surface area contributed by atoms with E-state index in [2.05, 4.69) is 12.2 Å². The fourth-order valence-electron chi connectivity index (χ4n) is 1.65. The number of aryl methyl sites for hydroxylation is 2. The molecule has 0 saturated heterocycles. The summed E-state index contributed by atoms with van der Waals surface area (Å²) in [5.41, 5.74) is 2.33. The summed E-state index contributed by atoms with van der Waals surface area (Å²) >= 11 is 0. The van der Waals surface area contributed by atoms with Crippen LogP contribution in [0, 0.1) is 12.7 Å². The molecule has 0 fully saturated rings. The van der Waals surface area contributed by atoms with E-state index in [1.165, 1.54) is 11.6 Å². The predicted molar refractivity (Wildman–Crippen MR) is 62.6 cm³/mol. The standard InChI is InChI=1S/C13H20FN/c1-10-7-8-13(14)9-12(10)6-4-5-11(2)15-3/h7-9,11,15H,4-6H2,1-3H3. The Morgan fingerprint density at radius 2 is 2.13 bits per heavy atom. The molecule has 1 nitrogen and oxygen atoms in total. The molecule has 1 rings (SSSR count). The van der Waals surface area contributed by atoms with Gasteiger partial charge in [0, 0.05) is 6.04 Å². The topological polar surface area (TPSA) is 12.0 Å². The molecule has 0 amide bonds. The van der Waals surface area contributed by atoms with Crippen LogP contribution in [0.3, 0.4) is 0 Å². The van der Waals surface area contributed by atoms with Crippen LogP contribution in [0.5, 0.6) is 0 Å². The minimum absolute atomic E-state index is 0.128. The van der Waals surface area contributed by atoms with Gasteiger partial charge in [-0.15, -0.1) is 0 Å². The third kappa shape index (κ3) is 4.00. The van der Waals surface area contributed by atoms with Gasteiger partial charge in [-0.05, 0) is 63.4 Å². The lowest BCUT2D eigenvalue weighted by Crippen LogP contribution is -2.20. The molecule has 0 aliphatic heterocycles. The zero-order valence-corrected chi connectivity index (χ0v) is 9.81. The Morgan fingerprint density at radius 1 is 1.40 bits per heavy atom. The van der Waals surface area contributed by atoms with Gasteiger partial charge in [-0.3, -0.25) is 0 Å². The summed E-state index contributed by atoms with van der Waals surface area (Å²) in [6.07, 6.45) is 3.20. The van der Waals surface area contributed by atoms with Gasteiger partial charge < -0.3 is 5.32 Å². The molecule has 1 N–H and O–H groups in total. The van der Waals surface area contributed by atoms with E-state index in [0.717, 1.165) is 24.8 Å². The lowest BCUT2D eigenvalue weighted by molar-refractivity contribution is 0.540. The van der Waals surface area contributed by atoms with Gasteiger partial charge in [0.25, 0.3) is 0 Å². The minimum Gasteiger partial charge on any atom is -0.317 e. The number of halogens is 1. The van der Waals surface area contributed by atoms with Crippen LogP contribution in [-0.2, 0) is 6.42 Å². The Labute approximate surface area is 91.7 Å². The van der Waals surface area contributed by atoms with Gasteiger partial charge in [0.15, 0.2) is 0 Å². The van der Waals surface area contributed by atoms with Crippen molar-refractivity contribution in [2.24, 2.45) is 0 Å². The van der Waals surface area contributed by atoms with Gasteiger partial charge in [0.1, 0.15) is 5.82 Å². The van der Waals surface area contributed by atoms with Crippen LogP contribution in [0.1, 0.15) is 30.9 Å². The molecular formula is C13H20FN. The highest BCUT2D eigenvalue weighted by molar-refractivity contribution is 5.26. The van der Waals surface area contributed by atoms with E-state index in [4.69, 9.17) is 0 Å². The minimum atomic E-state index is -0.128. The fourth-order valence-corrected chi connectivity index (χ4v) is 1.65. The quantitative estimate of drug-likeness (QED) is 0.786. The molecule has 0 spiro atoms. The molecular weight excluding hydrogens is 189 g/mol. The van der Waals surface area contributed by atoms with Crippen molar-refractivity contribution in [1.29, 1.82) is 0 Å². The van der Waals surface area contributed by atoms with Gasteiger partial charge in [-0.1, -0.05) is 6.07 Å². The van der Waals surface area contributed by atoms with Crippen LogP contribution in [0.4, 0.5) is 4.39 Å². The van der Waals surface area contributed by atoms with E-state index >= 15 is 0 Å². The lowest BCUT2D eigenvalue weighted by atomic mass is 10.0. The zero-order valence-electron chi connectivity index (χ0n) is 9.81. The Bertz CT molecular complexity index is 309. The second-order valence-electron chi connectivity index (χ2n) is 4.15. The van der Waals surface area contributed by atoms with Crippen molar-refractivity contribution in [1.82, 2.24) is 5.32 Å². The van der Waals surface area contributed by atoms with Crippen LogP contribution in [0.2, 0.25) is 0 Å². The first kappa shape index (κ1) is 12.2. The molecule has 0 radical (unpaired) electrons. The van der Waals surface area contributed by atoms with Crippen molar-refractivity contribution >= 4 is 0 Å². The molecule has 0 aromatic heterocycles. The first-order chi connectivity index (χ1) is 7.13. The molecule has 0 saturated carbocycles. The largest absolute Gasteiger partial charge is 0.317 e. The molecule has 0 aliphatic rings. The van der Waals surface area contributed by atoms with Crippen molar-refractivity contribution in [3.05, 3.63) is 35.1 Å². The maximum Gasteiger partial charge on any atom is 0.123 e. The van der Waals surface area contributed by atoms with Crippen LogP contribution in [0.25, 0.3) is 0 Å². The summed E-state index contributed by atoms with van der Waals surface area (Å²) < 4.78 is 13.0. The van der Waals surface area contributed by atoms with Crippen LogP contribution < -0.4 is 5.32 Å². The van der Waals surface area contributed by atoms with E-state index in [1.54, 1.807) is 6.07 Å². The van der Waals surface area contributed by atoms with E-state index in [1.807, 2.05) is 20.0 Å². The smallest absolute Gasteiger partial charge is 0.123 e. The molecule has 15 heavy (non-hydrogen) atoms. The second-order valence-corrected chi connectivity index (χ2v) is 4.15. The normalized spacial score (nSPS) is 12.8. The molecule has 1 aromatic rings. The van der Waals surface area contributed by atoms with Gasteiger partial charge in [-0.25, -0.2) is 4.39 Å².